The van der Waals surface area contributed by atoms with E-state index in [2.05, 4.69) is 40.9 Å². The van der Waals surface area contributed by atoms with Crippen molar-refractivity contribution in [1.29, 1.82) is 0 Å². The van der Waals surface area contributed by atoms with Gasteiger partial charge in [-0.3, -0.25) is 10.1 Å². The quantitative estimate of drug-likeness (QED) is 0.875. The van der Waals surface area contributed by atoms with Crippen LogP contribution in [0.25, 0.3) is 0 Å². The van der Waals surface area contributed by atoms with Gasteiger partial charge >= 0.3 is 0 Å². The van der Waals surface area contributed by atoms with Gasteiger partial charge in [0.15, 0.2) is 0 Å². The molecule has 20 heavy (non-hydrogen) atoms. The van der Waals surface area contributed by atoms with Crippen molar-refractivity contribution >= 4 is 29.0 Å². The molecule has 5 heteroatoms. The Bertz CT molecular complexity index is 470. The second-order valence-electron chi connectivity index (χ2n) is 5.78. The Kier molecular flexibility index (Phi) is 4.11. The van der Waals surface area contributed by atoms with Gasteiger partial charge in [0.05, 0.1) is 6.04 Å². The van der Waals surface area contributed by atoms with E-state index in [0.717, 1.165) is 19.4 Å². The Morgan fingerprint density at radius 1 is 1.55 bits per heavy atom. The van der Waals surface area contributed by atoms with Crippen molar-refractivity contribution in [2.45, 2.75) is 49.6 Å². The number of thioether (sulfide) groups is 1. The van der Waals surface area contributed by atoms with Crippen molar-refractivity contribution in [2.75, 3.05) is 12.8 Å². The van der Waals surface area contributed by atoms with Crippen molar-refractivity contribution in [3.63, 3.8) is 0 Å². The summed E-state index contributed by atoms with van der Waals surface area (Å²) in [5.41, 5.74) is 0. The molecule has 1 aromatic rings. The largest absolute Gasteiger partial charge is 0.319 e. The van der Waals surface area contributed by atoms with Crippen molar-refractivity contribution in [3.8, 4) is 0 Å². The van der Waals surface area contributed by atoms with Gasteiger partial charge in [0, 0.05) is 16.2 Å². The molecule has 2 fully saturated rings. The van der Waals surface area contributed by atoms with Crippen molar-refractivity contribution in [1.82, 2.24) is 10.2 Å². The van der Waals surface area contributed by atoms with Gasteiger partial charge < -0.3 is 4.90 Å². The molecule has 0 aromatic carbocycles. The van der Waals surface area contributed by atoms with Gasteiger partial charge in [0.25, 0.3) is 0 Å². The SMILES string of the molecule is CCCC1NC(c2cccs2)N(CC2(SC)CC2)C1=O. The molecule has 0 radical (unpaired) electrons. The van der Waals surface area contributed by atoms with Crippen LogP contribution in [0.5, 0.6) is 0 Å². The summed E-state index contributed by atoms with van der Waals surface area (Å²) in [4.78, 5) is 16.0. The Hall–Kier alpha value is -0.520. The molecule has 1 amide bonds. The zero-order chi connectivity index (χ0) is 14.2. The number of nitrogens with one attached hydrogen (secondary N) is 1. The van der Waals surface area contributed by atoms with Crippen molar-refractivity contribution in [2.24, 2.45) is 0 Å². The van der Waals surface area contributed by atoms with E-state index in [9.17, 15) is 4.79 Å². The molecule has 3 rings (SSSR count). The molecule has 1 aliphatic heterocycles. The molecule has 1 N–H and O–H groups in total. The maximum absolute atomic E-state index is 12.7. The molecule has 1 aliphatic carbocycles. The highest BCUT2D eigenvalue weighted by atomic mass is 32.2. The molecule has 3 nitrogen and oxygen atoms in total. The summed E-state index contributed by atoms with van der Waals surface area (Å²) in [6.07, 6.45) is 6.72. The average Bonchev–Trinajstić information content (AvgIpc) is 2.89. The summed E-state index contributed by atoms with van der Waals surface area (Å²) in [7, 11) is 0. The van der Waals surface area contributed by atoms with Crippen LogP contribution in [0.2, 0.25) is 0 Å². The summed E-state index contributed by atoms with van der Waals surface area (Å²) >= 11 is 3.66. The zero-order valence-corrected chi connectivity index (χ0v) is 13.7. The minimum Gasteiger partial charge on any atom is -0.319 e. The predicted octanol–water partition coefficient (Wildman–Crippen LogP) is 3.24. The van der Waals surface area contributed by atoms with Gasteiger partial charge in [0.2, 0.25) is 5.91 Å². The molecule has 2 unspecified atom stereocenters. The average molecular weight is 310 g/mol. The molecule has 1 saturated carbocycles. The van der Waals surface area contributed by atoms with Gasteiger partial charge in [-0.15, -0.1) is 11.3 Å². The highest BCUT2D eigenvalue weighted by Crippen LogP contribution is 2.49. The molecule has 2 atom stereocenters. The Balaban J connectivity index is 1.80. The van der Waals surface area contributed by atoms with E-state index in [1.807, 2.05) is 11.8 Å². The highest BCUT2D eigenvalue weighted by molar-refractivity contribution is 8.00. The fraction of sp³-hybridized carbons (Fsp3) is 0.667. The molecular formula is C15H22N2OS2. The summed E-state index contributed by atoms with van der Waals surface area (Å²) in [5, 5.41) is 5.64. The molecule has 1 saturated heterocycles. The van der Waals surface area contributed by atoms with Crippen LogP contribution in [0.15, 0.2) is 17.5 Å². The number of nitrogens with zero attached hydrogens (tertiary/aromatic N) is 1. The van der Waals surface area contributed by atoms with E-state index in [-0.39, 0.29) is 12.2 Å². The topological polar surface area (TPSA) is 32.3 Å². The van der Waals surface area contributed by atoms with E-state index >= 15 is 0 Å². The van der Waals surface area contributed by atoms with Crippen LogP contribution in [-0.4, -0.2) is 34.4 Å². The summed E-state index contributed by atoms with van der Waals surface area (Å²) in [6, 6.07) is 4.21. The molecule has 0 bridgehead atoms. The number of hydrogen-bond donors (Lipinski definition) is 1. The third-order valence-electron chi connectivity index (χ3n) is 4.34. The lowest BCUT2D eigenvalue weighted by molar-refractivity contribution is -0.130. The second kappa shape index (κ2) is 5.70. The first-order valence-electron chi connectivity index (χ1n) is 7.34. The Morgan fingerprint density at radius 2 is 2.35 bits per heavy atom. The molecule has 1 aromatic heterocycles. The maximum atomic E-state index is 12.7. The van der Waals surface area contributed by atoms with E-state index < -0.39 is 0 Å². The lowest BCUT2D eigenvalue weighted by Gasteiger charge is -2.27. The van der Waals surface area contributed by atoms with E-state index in [1.165, 1.54) is 17.7 Å². The predicted molar refractivity (Wildman–Crippen MR) is 86.1 cm³/mol. The lowest BCUT2D eigenvalue weighted by Crippen LogP contribution is -2.37. The van der Waals surface area contributed by atoms with Crippen LogP contribution < -0.4 is 5.32 Å². The standard InChI is InChI=1S/C15H22N2OS2/c1-3-5-11-14(18)17(10-15(19-2)7-8-15)13(16-11)12-6-4-9-20-12/h4,6,9,11,13,16H,3,5,7-8,10H2,1-2H3. The molecule has 110 valence electrons. The van der Waals surface area contributed by atoms with E-state index in [1.54, 1.807) is 11.3 Å². The number of thiophene rings is 1. The third kappa shape index (κ3) is 2.63. The normalized spacial score (nSPS) is 28.1. The molecule has 2 heterocycles. The number of rotatable bonds is 6. The smallest absolute Gasteiger partial charge is 0.241 e. The molecular weight excluding hydrogens is 288 g/mol. The number of carbonyl (C=O) groups excluding carboxylic acids is 1. The lowest BCUT2D eigenvalue weighted by atomic mass is 10.1. The van der Waals surface area contributed by atoms with Crippen LogP contribution >= 0.6 is 23.1 Å². The van der Waals surface area contributed by atoms with Gasteiger partial charge in [-0.1, -0.05) is 19.4 Å². The van der Waals surface area contributed by atoms with Crippen LogP contribution in [-0.2, 0) is 4.79 Å². The molecule has 0 spiro atoms. The van der Waals surface area contributed by atoms with Crippen LogP contribution in [0, 0.1) is 0 Å². The van der Waals surface area contributed by atoms with Gasteiger partial charge in [-0.25, -0.2) is 0 Å². The Labute approximate surface area is 129 Å². The van der Waals surface area contributed by atoms with Crippen LogP contribution in [0.3, 0.4) is 0 Å². The highest BCUT2D eigenvalue weighted by Gasteiger charge is 2.49. The second-order valence-corrected chi connectivity index (χ2v) is 8.03. The summed E-state index contributed by atoms with van der Waals surface area (Å²) < 4.78 is 0.327. The van der Waals surface area contributed by atoms with Crippen LogP contribution in [0.1, 0.15) is 43.6 Å². The number of hydrogen-bond acceptors (Lipinski definition) is 4. The fourth-order valence-corrected chi connectivity index (χ4v) is 4.48. The Morgan fingerprint density at radius 3 is 2.90 bits per heavy atom. The summed E-state index contributed by atoms with van der Waals surface area (Å²) in [5.74, 6) is 0.297. The van der Waals surface area contributed by atoms with Crippen molar-refractivity contribution < 1.29 is 4.79 Å². The first kappa shape index (κ1) is 14.4. The van der Waals surface area contributed by atoms with Crippen LogP contribution in [0.4, 0.5) is 0 Å². The first-order chi connectivity index (χ1) is 9.69. The van der Waals surface area contributed by atoms with Crippen molar-refractivity contribution in [3.05, 3.63) is 22.4 Å². The third-order valence-corrected chi connectivity index (χ3v) is 6.67. The van der Waals surface area contributed by atoms with E-state index in [0.29, 0.717) is 10.7 Å². The first-order valence-corrected chi connectivity index (χ1v) is 9.44. The van der Waals surface area contributed by atoms with Gasteiger partial charge in [0.1, 0.15) is 6.17 Å². The van der Waals surface area contributed by atoms with Gasteiger partial charge in [-0.05, 0) is 37.0 Å². The van der Waals surface area contributed by atoms with E-state index in [4.69, 9.17) is 0 Å². The zero-order valence-electron chi connectivity index (χ0n) is 12.1. The monoisotopic (exact) mass is 310 g/mol. The van der Waals surface area contributed by atoms with Gasteiger partial charge in [-0.2, -0.15) is 11.8 Å². The number of carbonyl (C=O) groups is 1. The number of amides is 1. The summed E-state index contributed by atoms with van der Waals surface area (Å²) in [6.45, 7) is 3.03. The minimum atomic E-state index is 0.00440. The molecule has 2 aliphatic rings. The fourth-order valence-electron chi connectivity index (χ4n) is 2.90. The minimum absolute atomic E-state index is 0.00440. The maximum Gasteiger partial charge on any atom is 0.241 e.